The number of fused-ring (bicyclic) bond motifs is 1. The van der Waals surface area contributed by atoms with Gasteiger partial charge in [0.05, 0.1) is 8.66 Å². The summed E-state index contributed by atoms with van der Waals surface area (Å²) >= 11 is 5.09. The Bertz CT molecular complexity index is 565. The van der Waals surface area contributed by atoms with Crippen molar-refractivity contribution in [2.45, 2.75) is 25.7 Å². The van der Waals surface area contributed by atoms with Crippen LogP contribution in [0.4, 0.5) is 5.82 Å². The van der Waals surface area contributed by atoms with Crippen LogP contribution >= 0.6 is 27.3 Å². The number of thiophene rings is 1. The number of nitrogen functional groups attached to an aromatic ring is 1. The molecule has 3 rings (SSSR count). The summed E-state index contributed by atoms with van der Waals surface area (Å²) in [5.41, 5.74) is 8.33. The quantitative estimate of drug-likeness (QED) is 0.878. The molecule has 0 fully saturated rings. The first-order chi connectivity index (χ1) is 8.24. The van der Waals surface area contributed by atoms with Crippen molar-refractivity contribution in [2.75, 3.05) is 5.73 Å². The Balaban J connectivity index is 2.10. The van der Waals surface area contributed by atoms with Crippen LogP contribution in [0, 0.1) is 0 Å². The molecule has 2 aromatic rings. The van der Waals surface area contributed by atoms with Crippen molar-refractivity contribution >= 4 is 33.1 Å². The highest BCUT2D eigenvalue weighted by atomic mass is 79.9. The molecule has 0 spiro atoms. The molecule has 0 unspecified atom stereocenters. The second-order valence-electron chi connectivity index (χ2n) is 4.17. The minimum absolute atomic E-state index is 0.661. The number of nitrogens with zero attached hydrogens (tertiary/aromatic N) is 2. The number of hydrogen-bond acceptors (Lipinski definition) is 4. The molecule has 0 bridgehead atoms. The van der Waals surface area contributed by atoms with E-state index in [1.54, 1.807) is 11.3 Å². The van der Waals surface area contributed by atoms with Crippen molar-refractivity contribution in [2.24, 2.45) is 0 Å². The second kappa shape index (κ2) is 4.38. The summed E-state index contributed by atoms with van der Waals surface area (Å²) in [5, 5.41) is 0. The minimum atomic E-state index is 0.661. The second-order valence-corrected chi connectivity index (χ2v) is 6.63. The highest BCUT2D eigenvalue weighted by molar-refractivity contribution is 9.11. The van der Waals surface area contributed by atoms with Crippen molar-refractivity contribution < 1.29 is 0 Å². The Morgan fingerprint density at radius 2 is 2.00 bits per heavy atom. The fraction of sp³-hybridized carbons (Fsp3) is 0.333. The molecule has 2 aromatic heterocycles. The maximum Gasteiger partial charge on any atom is 0.171 e. The van der Waals surface area contributed by atoms with E-state index >= 15 is 0 Å². The topological polar surface area (TPSA) is 51.8 Å². The van der Waals surface area contributed by atoms with Crippen LogP contribution in [0.5, 0.6) is 0 Å². The lowest BCUT2D eigenvalue weighted by Gasteiger charge is -2.16. The minimum Gasteiger partial charge on any atom is -0.383 e. The van der Waals surface area contributed by atoms with Crippen LogP contribution in [0.2, 0.25) is 0 Å². The van der Waals surface area contributed by atoms with E-state index in [1.165, 1.54) is 12.8 Å². The molecule has 0 saturated heterocycles. The smallest absolute Gasteiger partial charge is 0.171 e. The van der Waals surface area contributed by atoms with Crippen molar-refractivity contribution in [3.63, 3.8) is 0 Å². The molecule has 0 saturated carbocycles. The summed E-state index contributed by atoms with van der Waals surface area (Å²) in [4.78, 5) is 10.1. The maximum atomic E-state index is 6.03. The van der Waals surface area contributed by atoms with Crippen LogP contribution in [0.3, 0.4) is 0 Å². The molecule has 0 aromatic carbocycles. The third-order valence-electron chi connectivity index (χ3n) is 3.01. The van der Waals surface area contributed by atoms with Crippen molar-refractivity contribution in [1.29, 1.82) is 0 Å². The first kappa shape index (κ1) is 11.2. The molecule has 2 heterocycles. The largest absolute Gasteiger partial charge is 0.383 e. The number of aromatic nitrogens is 2. The maximum absolute atomic E-state index is 6.03. The van der Waals surface area contributed by atoms with Crippen LogP contribution in [-0.2, 0) is 12.8 Å². The molecule has 0 aliphatic heterocycles. The summed E-state index contributed by atoms with van der Waals surface area (Å²) in [6.07, 6.45) is 4.46. The van der Waals surface area contributed by atoms with Gasteiger partial charge in [0.15, 0.2) is 5.82 Å². The summed E-state index contributed by atoms with van der Waals surface area (Å²) in [7, 11) is 0. The van der Waals surface area contributed by atoms with Gasteiger partial charge in [-0.2, -0.15) is 0 Å². The molecule has 2 N–H and O–H groups in total. The molecule has 1 aliphatic rings. The van der Waals surface area contributed by atoms with Crippen LogP contribution in [0.15, 0.2) is 15.9 Å². The average Bonchev–Trinajstić information content (AvgIpc) is 2.76. The summed E-state index contributed by atoms with van der Waals surface area (Å²) < 4.78 is 1.09. The number of nitrogens with two attached hydrogens (primary N) is 1. The standard InChI is InChI=1S/C12H12BrN3S/c13-10-6-5-9(17-10)12-15-8-4-2-1-3-7(8)11(14)16-12/h5-6H,1-4H2,(H2,14,15,16). The predicted octanol–water partition coefficient (Wildman–Crippen LogP) is 3.43. The third kappa shape index (κ3) is 2.09. The van der Waals surface area contributed by atoms with Gasteiger partial charge in [-0.05, 0) is 53.7 Å². The molecule has 5 heteroatoms. The monoisotopic (exact) mass is 309 g/mol. The predicted molar refractivity (Wildman–Crippen MR) is 74.1 cm³/mol. The Kier molecular flexibility index (Phi) is 2.88. The molecule has 88 valence electrons. The fourth-order valence-corrected chi connectivity index (χ4v) is 3.49. The summed E-state index contributed by atoms with van der Waals surface area (Å²) in [6.45, 7) is 0. The lowest BCUT2D eigenvalue weighted by Crippen LogP contribution is -2.11. The zero-order chi connectivity index (χ0) is 11.8. The van der Waals surface area contributed by atoms with Gasteiger partial charge in [-0.1, -0.05) is 0 Å². The number of halogens is 1. The number of hydrogen-bond donors (Lipinski definition) is 1. The van der Waals surface area contributed by atoms with Gasteiger partial charge in [-0.3, -0.25) is 0 Å². The van der Waals surface area contributed by atoms with E-state index < -0.39 is 0 Å². The zero-order valence-corrected chi connectivity index (χ0v) is 11.6. The van der Waals surface area contributed by atoms with Gasteiger partial charge < -0.3 is 5.73 Å². The van der Waals surface area contributed by atoms with Gasteiger partial charge in [-0.25, -0.2) is 9.97 Å². The first-order valence-electron chi connectivity index (χ1n) is 5.65. The zero-order valence-electron chi connectivity index (χ0n) is 9.24. The lowest BCUT2D eigenvalue weighted by molar-refractivity contribution is 0.666. The lowest BCUT2D eigenvalue weighted by atomic mass is 9.96. The molecule has 0 amide bonds. The van der Waals surface area contributed by atoms with E-state index in [2.05, 4.69) is 25.9 Å². The molecule has 1 aliphatic carbocycles. The Morgan fingerprint density at radius 1 is 1.18 bits per heavy atom. The Hall–Kier alpha value is -0.940. The normalized spacial score (nSPS) is 14.6. The van der Waals surface area contributed by atoms with Gasteiger partial charge in [0.2, 0.25) is 0 Å². The molecular weight excluding hydrogens is 298 g/mol. The van der Waals surface area contributed by atoms with Gasteiger partial charge in [0, 0.05) is 11.3 Å². The van der Waals surface area contributed by atoms with E-state index in [-0.39, 0.29) is 0 Å². The Labute approximate surface area is 112 Å². The molecule has 3 nitrogen and oxygen atoms in total. The van der Waals surface area contributed by atoms with Gasteiger partial charge in [0.25, 0.3) is 0 Å². The highest BCUT2D eigenvalue weighted by Gasteiger charge is 2.17. The summed E-state index contributed by atoms with van der Waals surface area (Å²) in [5.74, 6) is 1.42. The van der Waals surface area contributed by atoms with E-state index in [9.17, 15) is 0 Å². The van der Waals surface area contributed by atoms with Crippen molar-refractivity contribution in [3.05, 3.63) is 27.2 Å². The SMILES string of the molecule is Nc1nc(-c2ccc(Br)s2)nc2c1CCCC2. The van der Waals surface area contributed by atoms with Crippen LogP contribution in [0.25, 0.3) is 10.7 Å². The molecule has 17 heavy (non-hydrogen) atoms. The van der Waals surface area contributed by atoms with Crippen molar-refractivity contribution in [3.8, 4) is 10.7 Å². The molecule has 0 atom stereocenters. The highest BCUT2D eigenvalue weighted by Crippen LogP contribution is 2.32. The summed E-state index contributed by atoms with van der Waals surface area (Å²) in [6, 6.07) is 4.04. The van der Waals surface area contributed by atoms with E-state index in [0.717, 1.165) is 38.6 Å². The van der Waals surface area contributed by atoms with Gasteiger partial charge in [-0.15, -0.1) is 11.3 Å². The van der Waals surface area contributed by atoms with E-state index in [1.807, 2.05) is 12.1 Å². The Morgan fingerprint density at radius 3 is 2.76 bits per heavy atom. The number of anilines is 1. The average molecular weight is 310 g/mol. The van der Waals surface area contributed by atoms with Crippen LogP contribution in [0.1, 0.15) is 24.1 Å². The molecule has 0 radical (unpaired) electrons. The number of rotatable bonds is 1. The first-order valence-corrected chi connectivity index (χ1v) is 7.26. The fourth-order valence-electron chi connectivity index (χ4n) is 2.17. The van der Waals surface area contributed by atoms with Crippen LogP contribution in [-0.4, -0.2) is 9.97 Å². The van der Waals surface area contributed by atoms with E-state index in [0.29, 0.717) is 5.82 Å². The van der Waals surface area contributed by atoms with E-state index in [4.69, 9.17) is 5.73 Å². The van der Waals surface area contributed by atoms with Gasteiger partial charge >= 0.3 is 0 Å². The van der Waals surface area contributed by atoms with Gasteiger partial charge in [0.1, 0.15) is 5.82 Å². The van der Waals surface area contributed by atoms with Crippen molar-refractivity contribution in [1.82, 2.24) is 9.97 Å². The third-order valence-corrected chi connectivity index (χ3v) is 4.63. The van der Waals surface area contributed by atoms with Crippen LogP contribution < -0.4 is 5.73 Å². The number of aryl methyl sites for hydroxylation is 1. The molecular formula is C12H12BrN3S.